The summed E-state index contributed by atoms with van der Waals surface area (Å²) >= 11 is 0. The zero-order valence-electron chi connectivity index (χ0n) is 12.1. The summed E-state index contributed by atoms with van der Waals surface area (Å²) in [7, 11) is 0. The minimum Gasteiger partial charge on any atom is -0.444 e. The van der Waals surface area contributed by atoms with Gasteiger partial charge in [-0.05, 0) is 51.9 Å². The van der Waals surface area contributed by atoms with Crippen molar-refractivity contribution in [2.75, 3.05) is 19.8 Å². The zero-order chi connectivity index (χ0) is 14.1. The molecule has 1 spiro atoms. The molecule has 1 aliphatic heterocycles. The average Bonchev–Trinajstić information content (AvgIpc) is 2.25. The maximum atomic E-state index is 11.8. The van der Waals surface area contributed by atoms with E-state index in [-0.39, 0.29) is 12.0 Å². The van der Waals surface area contributed by atoms with Crippen LogP contribution in [0.2, 0.25) is 0 Å². The van der Waals surface area contributed by atoms with Crippen LogP contribution in [0.15, 0.2) is 0 Å². The molecule has 2 N–H and O–H groups in total. The Morgan fingerprint density at radius 3 is 2.37 bits per heavy atom. The summed E-state index contributed by atoms with van der Waals surface area (Å²) in [6.07, 6.45) is 3.23. The second-order valence-corrected chi connectivity index (χ2v) is 7.03. The van der Waals surface area contributed by atoms with Crippen LogP contribution in [0.5, 0.6) is 0 Å². The van der Waals surface area contributed by atoms with Gasteiger partial charge in [-0.15, -0.1) is 0 Å². The minimum atomic E-state index is -0.513. The summed E-state index contributed by atoms with van der Waals surface area (Å²) in [6, 6.07) is 0. The maximum Gasteiger partial charge on any atom is 0.408 e. The Kier molecular flexibility index (Phi) is 3.80. The van der Waals surface area contributed by atoms with Crippen molar-refractivity contribution in [3.05, 3.63) is 0 Å². The minimum absolute atomic E-state index is 0.0329. The van der Waals surface area contributed by atoms with Crippen molar-refractivity contribution in [3.8, 4) is 0 Å². The lowest BCUT2D eigenvalue weighted by Gasteiger charge is -2.57. The first-order valence-electron chi connectivity index (χ1n) is 6.98. The molecule has 1 heterocycles. The van der Waals surface area contributed by atoms with E-state index in [9.17, 15) is 9.90 Å². The van der Waals surface area contributed by atoms with Gasteiger partial charge in [0.1, 0.15) is 5.60 Å². The lowest BCUT2D eigenvalue weighted by atomic mass is 9.54. The third-order valence-corrected chi connectivity index (χ3v) is 4.05. The van der Waals surface area contributed by atoms with Gasteiger partial charge in [-0.25, -0.2) is 4.79 Å². The Morgan fingerprint density at radius 2 is 1.89 bits per heavy atom. The van der Waals surface area contributed by atoms with Crippen LogP contribution in [-0.2, 0) is 9.47 Å². The highest BCUT2D eigenvalue weighted by Gasteiger charge is 2.55. The molecule has 110 valence electrons. The molecular weight excluding hydrogens is 246 g/mol. The Labute approximate surface area is 114 Å². The monoisotopic (exact) mass is 271 g/mol. The van der Waals surface area contributed by atoms with E-state index in [1.54, 1.807) is 0 Å². The van der Waals surface area contributed by atoms with Crippen molar-refractivity contribution in [2.24, 2.45) is 5.41 Å². The van der Waals surface area contributed by atoms with Crippen LogP contribution < -0.4 is 5.32 Å². The number of aliphatic hydroxyl groups is 1. The fraction of sp³-hybridized carbons (Fsp3) is 0.929. The molecule has 2 fully saturated rings. The highest BCUT2D eigenvalue weighted by molar-refractivity contribution is 5.69. The fourth-order valence-corrected chi connectivity index (χ4v) is 3.30. The standard InChI is InChI=1S/C14H25NO4/c1-12(2,3)19-11(17)15-14(10-16)8-13(9-14)4-6-18-7-5-13/h16H,4-10H2,1-3H3,(H,15,17). The number of amides is 1. The van der Waals surface area contributed by atoms with E-state index in [0.29, 0.717) is 0 Å². The van der Waals surface area contributed by atoms with Crippen LogP contribution in [0, 0.1) is 5.41 Å². The molecule has 5 nitrogen and oxygen atoms in total. The second kappa shape index (κ2) is 4.94. The molecule has 2 rings (SSSR count). The molecule has 1 amide bonds. The van der Waals surface area contributed by atoms with E-state index >= 15 is 0 Å². The Morgan fingerprint density at radius 1 is 1.32 bits per heavy atom. The van der Waals surface area contributed by atoms with Gasteiger partial charge < -0.3 is 19.9 Å². The third kappa shape index (κ3) is 3.39. The zero-order valence-corrected chi connectivity index (χ0v) is 12.1. The van der Waals surface area contributed by atoms with E-state index < -0.39 is 17.2 Å². The molecular formula is C14H25NO4. The smallest absolute Gasteiger partial charge is 0.408 e. The van der Waals surface area contributed by atoms with Crippen molar-refractivity contribution >= 4 is 6.09 Å². The summed E-state index contributed by atoms with van der Waals surface area (Å²) in [4.78, 5) is 11.8. The fourth-order valence-electron chi connectivity index (χ4n) is 3.30. The predicted molar refractivity (Wildman–Crippen MR) is 70.9 cm³/mol. The van der Waals surface area contributed by atoms with Gasteiger partial charge >= 0.3 is 6.09 Å². The highest BCUT2D eigenvalue weighted by Crippen LogP contribution is 2.54. The van der Waals surface area contributed by atoms with E-state index in [0.717, 1.165) is 38.9 Å². The van der Waals surface area contributed by atoms with Crippen LogP contribution in [0.3, 0.4) is 0 Å². The molecule has 0 atom stereocenters. The van der Waals surface area contributed by atoms with Gasteiger partial charge in [-0.1, -0.05) is 0 Å². The van der Waals surface area contributed by atoms with Crippen LogP contribution >= 0.6 is 0 Å². The van der Waals surface area contributed by atoms with Gasteiger partial charge in [0.25, 0.3) is 0 Å². The summed E-state index contributed by atoms with van der Waals surface area (Å²) in [6.45, 7) is 7.04. The molecule has 1 saturated carbocycles. The normalized spacial score (nSPS) is 24.6. The van der Waals surface area contributed by atoms with Crippen LogP contribution in [0.1, 0.15) is 46.5 Å². The lowest BCUT2D eigenvalue weighted by molar-refractivity contribution is -0.0978. The summed E-state index contributed by atoms with van der Waals surface area (Å²) in [5.41, 5.74) is -0.767. The molecule has 0 radical (unpaired) electrons. The van der Waals surface area contributed by atoms with Gasteiger partial charge in [0.2, 0.25) is 0 Å². The number of aliphatic hydroxyl groups excluding tert-OH is 1. The van der Waals surface area contributed by atoms with Crippen molar-refractivity contribution in [2.45, 2.75) is 57.6 Å². The quantitative estimate of drug-likeness (QED) is 0.804. The predicted octanol–water partition coefficient (Wildman–Crippen LogP) is 1.83. The number of alkyl carbamates (subject to hydrolysis) is 1. The van der Waals surface area contributed by atoms with Gasteiger partial charge in [0.15, 0.2) is 0 Å². The number of hydrogen-bond donors (Lipinski definition) is 2. The van der Waals surface area contributed by atoms with Crippen LogP contribution in [0.25, 0.3) is 0 Å². The van der Waals surface area contributed by atoms with E-state index in [1.165, 1.54) is 0 Å². The Hall–Kier alpha value is -0.810. The SMILES string of the molecule is CC(C)(C)OC(=O)NC1(CO)CC2(CCOCC2)C1. The average molecular weight is 271 g/mol. The molecule has 0 aromatic carbocycles. The number of nitrogens with one attached hydrogen (secondary N) is 1. The molecule has 0 bridgehead atoms. The first kappa shape index (κ1) is 14.6. The first-order valence-corrected chi connectivity index (χ1v) is 6.98. The van der Waals surface area contributed by atoms with Gasteiger partial charge in [0, 0.05) is 13.2 Å². The van der Waals surface area contributed by atoms with Crippen LogP contribution in [-0.4, -0.2) is 42.2 Å². The van der Waals surface area contributed by atoms with Gasteiger partial charge in [-0.2, -0.15) is 0 Å². The molecule has 0 aromatic heterocycles. The Bertz CT molecular complexity index is 334. The number of carbonyl (C=O) groups is 1. The van der Waals surface area contributed by atoms with E-state index in [4.69, 9.17) is 9.47 Å². The molecule has 0 aromatic rings. The maximum absolute atomic E-state index is 11.8. The summed E-state index contributed by atoms with van der Waals surface area (Å²) in [5, 5.41) is 12.5. The first-order chi connectivity index (χ1) is 8.78. The molecule has 1 saturated heterocycles. The number of hydrogen-bond acceptors (Lipinski definition) is 4. The van der Waals surface area contributed by atoms with Gasteiger partial charge in [0.05, 0.1) is 12.1 Å². The lowest BCUT2D eigenvalue weighted by Crippen LogP contribution is -2.65. The molecule has 2 aliphatic rings. The van der Waals surface area contributed by atoms with Crippen molar-refractivity contribution in [1.29, 1.82) is 0 Å². The molecule has 5 heteroatoms. The van der Waals surface area contributed by atoms with Gasteiger partial charge in [-0.3, -0.25) is 0 Å². The molecule has 0 unspecified atom stereocenters. The molecule has 19 heavy (non-hydrogen) atoms. The van der Waals surface area contributed by atoms with E-state index in [1.807, 2.05) is 20.8 Å². The van der Waals surface area contributed by atoms with Crippen molar-refractivity contribution in [3.63, 3.8) is 0 Å². The topological polar surface area (TPSA) is 67.8 Å². The van der Waals surface area contributed by atoms with Crippen molar-refractivity contribution in [1.82, 2.24) is 5.32 Å². The van der Waals surface area contributed by atoms with Crippen LogP contribution in [0.4, 0.5) is 4.79 Å². The number of rotatable bonds is 2. The van der Waals surface area contributed by atoms with E-state index in [2.05, 4.69) is 5.32 Å². The number of carbonyl (C=O) groups excluding carboxylic acids is 1. The Balaban J connectivity index is 1.89. The summed E-state index contributed by atoms with van der Waals surface area (Å²) < 4.78 is 10.6. The molecule has 1 aliphatic carbocycles. The van der Waals surface area contributed by atoms with Crippen molar-refractivity contribution < 1.29 is 19.4 Å². The largest absolute Gasteiger partial charge is 0.444 e. The summed E-state index contributed by atoms with van der Waals surface area (Å²) in [5.74, 6) is 0. The highest BCUT2D eigenvalue weighted by atomic mass is 16.6. The number of ether oxygens (including phenoxy) is 2. The second-order valence-electron chi connectivity index (χ2n) is 7.03. The third-order valence-electron chi connectivity index (χ3n) is 4.05.